The number of carbonyl (C=O) groups excluding carboxylic acids is 1. The fraction of sp³-hybridized carbons (Fsp3) is 0.357. The van der Waals surface area contributed by atoms with Crippen LogP contribution >= 0.6 is 0 Å². The molecule has 6 nitrogen and oxygen atoms in total. The molecule has 2 aromatic rings. The molecule has 0 spiro atoms. The molecule has 1 aliphatic heterocycles. The van der Waals surface area contributed by atoms with E-state index >= 15 is 0 Å². The van der Waals surface area contributed by atoms with E-state index in [-0.39, 0.29) is 5.91 Å². The minimum atomic E-state index is 0.0697. The predicted molar refractivity (Wildman–Crippen MR) is 74.7 cm³/mol. The monoisotopic (exact) mass is 271 g/mol. The Labute approximate surface area is 117 Å². The third-order valence-electron chi connectivity index (χ3n) is 3.44. The van der Waals surface area contributed by atoms with Crippen LogP contribution in [0, 0.1) is 0 Å². The summed E-state index contributed by atoms with van der Waals surface area (Å²) in [5.74, 6) is 0.0697. The lowest BCUT2D eigenvalue weighted by Crippen LogP contribution is -2.51. The fourth-order valence-electron chi connectivity index (χ4n) is 2.43. The number of aromatic nitrogens is 3. The molecule has 20 heavy (non-hydrogen) atoms. The number of hydrogen-bond acceptors (Lipinski definition) is 4. The van der Waals surface area contributed by atoms with Gasteiger partial charge < -0.3 is 10.2 Å². The third kappa shape index (κ3) is 2.55. The van der Waals surface area contributed by atoms with Crippen molar-refractivity contribution in [2.24, 2.45) is 0 Å². The number of amides is 1. The summed E-state index contributed by atoms with van der Waals surface area (Å²) in [6, 6.07) is 7.81. The van der Waals surface area contributed by atoms with Gasteiger partial charge in [0.25, 0.3) is 5.91 Å². The maximum atomic E-state index is 12.5. The number of nitrogens with one attached hydrogen (secondary N) is 1. The minimum absolute atomic E-state index is 0.0697. The molecule has 0 radical (unpaired) electrons. The first-order chi connectivity index (χ1) is 9.74. The van der Waals surface area contributed by atoms with Gasteiger partial charge in [0, 0.05) is 31.2 Å². The molecule has 0 saturated carbocycles. The lowest BCUT2D eigenvalue weighted by molar-refractivity contribution is 0.0709. The molecule has 1 amide bonds. The Morgan fingerprint density at radius 3 is 3.10 bits per heavy atom. The molecule has 1 atom stereocenters. The second kappa shape index (κ2) is 5.42. The Hall–Kier alpha value is -2.21. The zero-order valence-corrected chi connectivity index (χ0v) is 11.4. The van der Waals surface area contributed by atoms with E-state index in [1.165, 1.54) is 0 Å². The highest BCUT2D eigenvalue weighted by molar-refractivity contribution is 5.94. The van der Waals surface area contributed by atoms with Gasteiger partial charge in [-0.3, -0.25) is 4.79 Å². The van der Waals surface area contributed by atoms with Crippen LogP contribution in [0.25, 0.3) is 5.69 Å². The molecule has 0 unspecified atom stereocenters. The van der Waals surface area contributed by atoms with Gasteiger partial charge in [0.15, 0.2) is 0 Å². The third-order valence-corrected chi connectivity index (χ3v) is 3.44. The smallest absolute Gasteiger partial charge is 0.254 e. The van der Waals surface area contributed by atoms with Crippen LogP contribution in [0.4, 0.5) is 0 Å². The number of hydrogen-bond donors (Lipinski definition) is 1. The predicted octanol–water partition coefficient (Wildman–Crippen LogP) is 0.701. The van der Waals surface area contributed by atoms with Crippen molar-refractivity contribution in [3.63, 3.8) is 0 Å². The first-order valence-electron chi connectivity index (χ1n) is 6.73. The lowest BCUT2D eigenvalue weighted by atomic mass is 10.1. The molecule has 0 bridgehead atoms. The topological polar surface area (TPSA) is 63.1 Å². The first-order valence-corrected chi connectivity index (χ1v) is 6.73. The van der Waals surface area contributed by atoms with Gasteiger partial charge in [-0.1, -0.05) is 11.3 Å². The molecule has 1 fully saturated rings. The van der Waals surface area contributed by atoms with E-state index < -0.39 is 0 Å². The van der Waals surface area contributed by atoms with Gasteiger partial charge >= 0.3 is 0 Å². The summed E-state index contributed by atoms with van der Waals surface area (Å²) < 4.78 is 1.65. The van der Waals surface area contributed by atoms with Crippen molar-refractivity contribution in [1.29, 1.82) is 0 Å². The molecule has 1 aromatic carbocycles. The summed E-state index contributed by atoms with van der Waals surface area (Å²) >= 11 is 0. The molecular weight excluding hydrogens is 254 g/mol. The van der Waals surface area contributed by atoms with Gasteiger partial charge in [-0.2, -0.15) is 0 Å². The second-order valence-electron chi connectivity index (χ2n) is 5.00. The summed E-state index contributed by atoms with van der Waals surface area (Å²) in [6.45, 7) is 4.42. The molecule has 104 valence electrons. The Balaban J connectivity index is 1.83. The van der Waals surface area contributed by atoms with Crippen LogP contribution in [0.15, 0.2) is 36.7 Å². The number of carbonyl (C=O) groups is 1. The van der Waals surface area contributed by atoms with E-state index in [1.807, 2.05) is 29.2 Å². The number of benzene rings is 1. The van der Waals surface area contributed by atoms with Crippen LogP contribution in [-0.2, 0) is 0 Å². The molecule has 6 heteroatoms. The summed E-state index contributed by atoms with van der Waals surface area (Å²) in [6.07, 6.45) is 3.38. The van der Waals surface area contributed by atoms with Crippen molar-refractivity contribution in [2.45, 2.75) is 13.0 Å². The Morgan fingerprint density at radius 1 is 1.45 bits per heavy atom. The molecule has 3 rings (SSSR count). The zero-order valence-electron chi connectivity index (χ0n) is 11.4. The van der Waals surface area contributed by atoms with Crippen molar-refractivity contribution in [3.8, 4) is 5.69 Å². The second-order valence-corrected chi connectivity index (χ2v) is 5.00. The van der Waals surface area contributed by atoms with Crippen LogP contribution in [0.1, 0.15) is 17.3 Å². The Morgan fingerprint density at radius 2 is 2.35 bits per heavy atom. The van der Waals surface area contributed by atoms with Crippen molar-refractivity contribution < 1.29 is 4.79 Å². The van der Waals surface area contributed by atoms with Crippen molar-refractivity contribution in [3.05, 3.63) is 42.2 Å². The fourth-order valence-corrected chi connectivity index (χ4v) is 2.43. The molecular formula is C14H17N5O. The average molecular weight is 271 g/mol. The SMILES string of the molecule is C[C@@H]1CN(C(=O)c2cccc(-n3ccnn3)c2)CCN1. The van der Waals surface area contributed by atoms with E-state index in [1.54, 1.807) is 17.1 Å². The van der Waals surface area contributed by atoms with Gasteiger partial charge in [0.1, 0.15) is 0 Å². The summed E-state index contributed by atoms with van der Waals surface area (Å²) in [5.41, 5.74) is 1.53. The van der Waals surface area contributed by atoms with Gasteiger partial charge in [-0.25, -0.2) is 4.68 Å². The van der Waals surface area contributed by atoms with Gasteiger partial charge in [-0.15, -0.1) is 5.10 Å². The van der Waals surface area contributed by atoms with Gasteiger partial charge in [0.05, 0.1) is 18.1 Å². The molecule has 1 saturated heterocycles. The summed E-state index contributed by atoms with van der Waals surface area (Å²) in [5, 5.41) is 11.1. The van der Waals surface area contributed by atoms with Gasteiger partial charge in [0.2, 0.25) is 0 Å². The Kier molecular flexibility index (Phi) is 3.47. The van der Waals surface area contributed by atoms with E-state index in [2.05, 4.69) is 22.6 Å². The van der Waals surface area contributed by atoms with Crippen LogP contribution < -0.4 is 5.32 Å². The zero-order chi connectivity index (χ0) is 13.9. The van der Waals surface area contributed by atoms with Crippen molar-refractivity contribution in [1.82, 2.24) is 25.2 Å². The van der Waals surface area contributed by atoms with Crippen LogP contribution in [0.3, 0.4) is 0 Å². The van der Waals surface area contributed by atoms with E-state index in [4.69, 9.17) is 0 Å². The van der Waals surface area contributed by atoms with E-state index in [0.717, 1.165) is 25.3 Å². The normalized spacial score (nSPS) is 19.1. The minimum Gasteiger partial charge on any atom is -0.336 e. The summed E-state index contributed by atoms with van der Waals surface area (Å²) in [4.78, 5) is 14.4. The highest BCUT2D eigenvalue weighted by Crippen LogP contribution is 2.12. The van der Waals surface area contributed by atoms with E-state index in [0.29, 0.717) is 11.6 Å². The lowest BCUT2D eigenvalue weighted by Gasteiger charge is -2.32. The van der Waals surface area contributed by atoms with Crippen LogP contribution in [0.2, 0.25) is 0 Å². The van der Waals surface area contributed by atoms with Crippen LogP contribution in [0.5, 0.6) is 0 Å². The summed E-state index contributed by atoms with van der Waals surface area (Å²) in [7, 11) is 0. The molecule has 1 aromatic heterocycles. The maximum Gasteiger partial charge on any atom is 0.254 e. The Bertz CT molecular complexity index is 595. The molecule has 1 N–H and O–H groups in total. The van der Waals surface area contributed by atoms with Crippen molar-refractivity contribution >= 4 is 5.91 Å². The highest BCUT2D eigenvalue weighted by atomic mass is 16.2. The van der Waals surface area contributed by atoms with Crippen LogP contribution in [-0.4, -0.2) is 51.5 Å². The maximum absolute atomic E-state index is 12.5. The average Bonchev–Trinajstić information content (AvgIpc) is 3.01. The van der Waals surface area contributed by atoms with Crippen molar-refractivity contribution in [2.75, 3.05) is 19.6 Å². The standard InChI is InChI=1S/C14H17N5O/c1-11-10-18(7-5-15-11)14(20)12-3-2-4-13(9-12)19-8-6-16-17-19/h2-4,6,8-9,11,15H,5,7,10H2,1H3/t11-/m1/s1. The molecule has 2 heterocycles. The van der Waals surface area contributed by atoms with Gasteiger partial charge in [-0.05, 0) is 25.1 Å². The van der Waals surface area contributed by atoms with E-state index in [9.17, 15) is 4.79 Å². The molecule has 0 aliphatic carbocycles. The first kappa shape index (κ1) is 12.8. The highest BCUT2D eigenvalue weighted by Gasteiger charge is 2.21. The number of piperazine rings is 1. The number of nitrogens with zero attached hydrogens (tertiary/aromatic N) is 4. The number of rotatable bonds is 2. The largest absolute Gasteiger partial charge is 0.336 e. The molecule has 1 aliphatic rings. The quantitative estimate of drug-likeness (QED) is 0.873.